The molecule has 0 saturated heterocycles. The average molecular weight is 247 g/mol. The minimum absolute atomic E-state index is 0.0302. The van der Waals surface area contributed by atoms with E-state index in [4.69, 9.17) is 9.84 Å². The van der Waals surface area contributed by atoms with Gasteiger partial charge < -0.3 is 14.4 Å². The zero-order valence-electron chi connectivity index (χ0n) is 10.8. The van der Waals surface area contributed by atoms with Crippen LogP contribution in [0.15, 0.2) is 24.4 Å². The summed E-state index contributed by atoms with van der Waals surface area (Å²) in [7, 11) is 1.91. The fourth-order valence-electron chi connectivity index (χ4n) is 2.10. The smallest absolute Gasteiger partial charge is 0.307 e. The first kappa shape index (κ1) is 12.5. The molecule has 0 saturated carbocycles. The van der Waals surface area contributed by atoms with E-state index in [9.17, 15) is 4.79 Å². The summed E-state index contributed by atoms with van der Waals surface area (Å²) in [6, 6.07) is 5.78. The fraction of sp³-hybridized carbons (Fsp3) is 0.357. The molecule has 1 N–H and O–H groups in total. The summed E-state index contributed by atoms with van der Waals surface area (Å²) in [5.41, 5.74) is 1.83. The lowest BCUT2D eigenvalue weighted by molar-refractivity contribution is -0.136. The molecule has 0 bridgehead atoms. The lowest BCUT2D eigenvalue weighted by Crippen LogP contribution is -2.05. The highest BCUT2D eigenvalue weighted by Gasteiger charge is 2.11. The quantitative estimate of drug-likeness (QED) is 0.903. The molecular formula is C14H17NO3. The maximum Gasteiger partial charge on any atom is 0.307 e. The second-order valence-electron chi connectivity index (χ2n) is 4.68. The molecular weight excluding hydrogens is 230 g/mol. The number of aryl methyl sites for hydroxylation is 1. The molecule has 0 spiro atoms. The molecule has 4 nitrogen and oxygen atoms in total. The molecule has 0 aliphatic carbocycles. The second-order valence-corrected chi connectivity index (χ2v) is 4.68. The SMILES string of the molecule is CC(C)Oc1ccc2c(c1)c(CC(=O)O)cn2C. The molecule has 18 heavy (non-hydrogen) atoms. The van der Waals surface area contributed by atoms with Crippen molar-refractivity contribution in [3.8, 4) is 5.75 Å². The van der Waals surface area contributed by atoms with Crippen LogP contribution in [0.4, 0.5) is 0 Å². The van der Waals surface area contributed by atoms with Crippen LogP contribution in [0.2, 0.25) is 0 Å². The molecule has 2 rings (SSSR count). The van der Waals surface area contributed by atoms with Gasteiger partial charge in [0, 0.05) is 24.1 Å². The van der Waals surface area contributed by atoms with Crippen LogP contribution < -0.4 is 4.74 Å². The zero-order valence-corrected chi connectivity index (χ0v) is 10.8. The van der Waals surface area contributed by atoms with Gasteiger partial charge in [0.05, 0.1) is 12.5 Å². The Morgan fingerprint density at radius 1 is 1.44 bits per heavy atom. The number of nitrogens with zero attached hydrogens (tertiary/aromatic N) is 1. The Kier molecular flexibility index (Phi) is 3.28. The Bertz CT molecular complexity index is 584. The first-order valence-corrected chi connectivity index (χ1v) is 5.94. The van der Waals surface area contributed by atoms with E-state index in [1.165, 1.54) is 0 Å². The predicted octanol–water partition coefficient (Wildman–Crippen LogP) is 2.59. The van der Waals surface area contributed by atoms with Gasteiger partial charge >= 0.3 is 5.97 Å². The number of hydrogen-bond donors (Lipinski definition) is 1. The minimum atomic E-state index is -0.822. The maximum absolute atomic E-state index is 10.8. The maximum atomic E-state index is 10.8. The van der Waals surface area contributed by atoms with Crippen molar-refractivity contribution >= 4 is 16.9 Å². The Morgan fingerprint density at radius 2 is 2.17 bits per heavy atom. The van der Waals surface area contributed by atoms with Crippen molar-refractivity contribution in [2.75, 3.05) is 0 Å². The van der Waals surface area contributed by atoms with Crippen LogP contribution in [0, 0.1) is 0 Å². The third kappa shape index (κ3) is 2.47. The van der Waals surface area contributed by atoms with Gasteiger partial charge in [-0.2, -0.15) is 0 Å². The van der Waals surface area contributed by atoms with Crippen molar-refractivity contribution in [3.05, 3.63) is 30.0 Å². The van der Waals surface area contributed by atoms with E-state index in [0.29, 0.717) is 0 Å². The lowest BCUT2D eigenvalue weighted by Gasteiger charge is -2.09. The largest absolute Gasteiger partial charge is 0.491 e. The van der Waals surface area contributed by atoms with Crippen LogP contribution >= 0.6 is 0 Å². The Balaban J connectivity index is 2.48. The summed E-state index contributed by atoms with van der Waals surface area (Å²) in [5, 5.41) is 9.85. The van der Waals surface area contributed by atoms with Crippen molar-refractivity contribution in [1.82, 2.24) is 4.57 Å². The number of aromatic nitrogens is 1. The normalized spacial score (nSPS) is 11.1. The third-order valence-corrected chi connectivity index (χ3v) is 2.76. The van der Waals surface area contributed by atoms with Gasteiger partial charge in [0.2, 0.25) is 0 Å². The molecule has 1 heterocycles. The Morgan fingerprint density at radius 3 is 2.78 bits per heavy atom. The number of ether oxygens (including phenoxy) is 1. The van der Waals surface area contributed by atoms with Gasteiger partial charge in [-0.1, -0.05) is 0 Å². The molecule has 0 unspecified atom stereocenters. The van der Waals surface area contributed by atoms with E-state index in [2.05, 4.69) is 0 Å². The van der Waals surface area contributed by atoms with E-state index in [0.717, 1.165) is 22.2 Å². The minimum Gasteiger partial charge on any atom is -0.491 e. The number of carboxylic acid groups (broad SMARTS) is 1. The number of benzene rings is 1. The summed E-state index contributed by atoms with van der Waals surface area (Å²) in [6.45, 7) is 3.93. The number of carboxylic acids is 1. The number of carbonyl (C=O) groups is 1. The molecule has 96 valence electrons. The van der Waals surface area contributed by atoms with Crippen molar-refractivity contribution in [2.45, 2.75) is 26.4 Å². The molecule has 0 amide bonds. The average Bonchev–Trinajstić information content (AvgIpc) is 2.54. The number of aliphatic carboxylic acids is 1. The van der Waals surface area contributed by atoms with Crippen LogP contribution in [-0.4, -0.2) is 21.7 Å². The van der Waals surface area contributed by atoms with E-state index < -0.39 is 5.97 Å². The van der Waals surface area contributed by atoms with Gasteiger partial charge in [-0.3, -0.25) is 4.79 Å². The molecule has 0 fully saturated rings. The highest BCUT2D eigenvalue weighted by molar-refractivity contribution is 5.88. The second kappa shape index (κ2) is 4.72. The first-order valence-electron chi connectivity index (χ1n) is 5.94. The molecule has 0 atom stereocenters. The number of fused-ring (bicyclic) bond motifs is 1. The predicted molar refractivity (Wildman–Crippen MR) is 70.0 cm³/mol. The van der Waals surface area contributed by atoms with Gasteiger partial charge in [0.25, 0.3) is 0 Å². The first-order chi connectivity index (χ1) is 8.47. The highest BCUT2D eigenvalue weighted by Crippen LogP contribution is 2.26. The van der Waals surface area contributed by atoms with Crippen molar-refractivity contribution in [2.24, 2.45) is 7.05 Å². The topological polar surface area (TPSA) is 51.5 Å². The van der Waals surface area contributed by atoms with E-state index >= 15 is 0 Å². The van der Waals surface area contributed by atoms with Crippen LogP contribution in [0.1, 0.15) is 19.4 Å². The lowest BCUT2D eigenvalue weighted by atomic mass is 10.1. The van der Waals surface area contributed by atoms with Crippen molar-refractivity contribution in [3.63, 3.8) is 0 Å². The van der Waals surface area contributed by atoms with Gasteiger partial charge in [0.15, 0.2) is 0 Å². The monoisotopic (exact) mass is 247 g/mol. The molecule has 4 heteroatoms. The highest BCUT2D eigenvalue weighted by atomic mass is 16.5. The van der Waals surface area contributed by atoms with E-state index in [-0.39, 0.29) is 12.5 Å². The van der Waals surface area contributed by atoms with Gasteiger partial charge in [-0.25, -0.2) is 0 Å². The molecule has 0 radical (unpaired) electrons. The van der Waals surface area contributed by atoms with Crippen LogP contribution in [0.5, 0.6) is 5.75 Å². The van der Waals surface area contributed by atoms with Crippen molar-refractivity contribution < 1.29 is 14.6 Å². The van der Waals surface area contributed by atoms with Gasteiger partial charge in [-0.05, 0) is 37.6 Å². The zero-order chi connectivity index (χ0) is 13.3. The Labute approximate surface area is 106 Å². The molecule has 1 aromatic heterocycles. The summed E-state index contributed by atoms with van der Waals surface area (Å²) in [5.74, 6) is -0.0481. The Hall–Kier alpha value is -1.97. The number of rotatable bonds is 4. The van der Waals surface area contributed by atoms with Crippen LogP contribution in [-0.2, 0) is 18.3 Å². The van der Waals surface area contributed by atoms with E-state index in [1.807, 2.05) is 49.9 Å². The van der Waals surface area contributed by atoms with Crippen LogP contribution in [0.3, 0.4) is 0 Å². The van der Waals surface area contributed by atoms with Crippen molar-refractivity contribution in [1.29, 1.82) is 0 Å². The molecule has 0 aliphatic heterocycles. The molecule has 1 aromatic carbocycles. The molecule has 2 aromatic rings. The summed E-state index contributed by atoms with van der Waals surface area (Å²) >= 11 is 0. The summed E-state index contributed by atoms with van der Waals surface area (Å²) < 4.78 is 7.57. The van der Waals surface area contributed by atoms with Crippen LogP contribution in [0.25, 0.3) is 10.9 Å². The van der Waals surface area contributed by atoms with Gasteiger partial charge in [0.1, 0.15) is 5.75 Å². The molecule has 0 aliphatic rings. The van der Waals surface area contributed by atoms with E-state index in [1.54, 1.807) is 0 Å². The third-order valence-electron chi connectivity index (χ3n) is 2.76. The summed E-state index contributed by atoms with van der Waals surface area (Å²) in [4.78, 5) is 10.8. The summed E-state index contributed by atoms with van der Waals surface area (Å²) in [6.07, 6.45) is 1.99. The van der Waals surface area contributed by atoms with Gasteiger partial charge in [-0.15, -0.1) is 0 Å². The fourth-order valence-corrected chi connectivity index (χ4v) is 2.10. The standard InChI is InChI=1S/C14H17NO3/c1-9(2)18-11-4-5-13-12(7-11)10(6-14(16)17)8-15(13)3/h4-5,7-9H,6H2,1-3H3,(H,16,17). The number of hydrogen-bond acceptors (Lipinski definition) is 2.